The number of nitriles is 3. The molecule has 0 bridgehead atoms. The van der Waals surface area contributed by atoms with Crippen LogP contribution in [0.25, 0.3) is 0 Å². The number of rotatable bonds is 4. The van der Waals surface area contributed by atoms with Crippen molar-refractivity contribution in [2.45, 2.75) is 25.4 Å². The number of hydrogen-bond donors (Lipinski definition) is 0. The molecule has 0 aromatic heterocycles. The lowest BCUT2D eigenvalue weighted by atomic mass is 10.1. The summed E-state index contributed by atoms with van der Waals surface area (Å²) in [4.78, 5) is 0. The Morgan fingerprint density at radius 1 is 1.25 bits per heavy atom. The predicted molar refractivity (Wildman–Crippen MR) is 40.4 cm³/mol. The van der Waals surface area contributed by atoms with E-state index in [-0.39, 0.29) is 6.42 Å². The van der Waals surface area contributed by atoms with Gasteiger partial charge in [0.25, 0.3) is 5.60 Å². The number of hydrogen-bond acceptors (Lipinski definition) is 4. The highest BCUT2D eigenvalue weighted by Gasteiger charge is 2.30. The van der Waals surface area contributed by atoms with Crippen LogP contribution < -0.4 is 0 Å². The molecule has 0 aliphatic rings. The van der Waals surface area contributed by atoms with Gasteiger partial charge in [0.05, 0.1) is 12.5 Å². The van der Waals surface area contributed by atoms with Crippen LogP contribution >= 0.6 is 0 Å². The van der Waals surface area contributed by atoms with E-state index in [2.05, 4.69) is 0 Å². The van der Waals surface area contributed by atoms with Crippen molar-refractivity contribution in [3.8, 4) is 18.2 Å². The summed E-state index contributed by atoms with van der Waals surface area (Å²) < 4.78 is 4.97. The first-order valence-electron chi connectivity index (χ1n) is 3.58. The molecule has 0 saturated heterocycles. The highest BCUT2D eigenvalue weighted by Crippen LogP contribution is 2.13. The minimum absolute atomic E-state index is 0.208. The second-order valence-electron chi connectivity index (χ2n) is 2.23. The first kappa shape index (κ1) is 10.4. The van der Waals surface area contributed by atoms with E-state index in [4.69, 9.17) is 20.5 Å². The monoisotopic (exact) mass is 163 g/mol. The highest BCUT2D eigenvalue weighted by atomic mass is 16.5. The van der Waals surface area contributed by atoms with Crippen LogP contribution in [0.3, 0.4) is 0 Å². The Kier molecular flexibility index (Phi) is 4.46. The summed E-state index contributed by atoms with van der Waals surface area (Å²) in [6, 6.07) is 5.14. The van der Waals surface area contributed by atoms with Gasteiger partial charge in [-0.2, -0.15) is 15.8 Å². The minimum Gasteiger partial charge on any atom is -0.347 e. The summed E-state index contributed by atoms with van der Waals surface area (Å²) in [6.07, 6.45) is 0.510. The highest BCUT2D eigenvalue weighted by molar-refractivity contribution is 5.20. The molecule has 0 heterocycles. The van der Waals surface area contributed by atoms with Crippen molar-refractivity contribution in [3.63, 3.8) is 0 Å². The van der Waals surface area contributed by atoms with E-state index in [1.807, 2.05) is 6.92 Å². The number of nitrogens with zero attached hydrogens (tertiary/aromatic N) is 3. The fourth-order valence-electron chi connectivity index (χ4n) is 0.607. The topological polar surface area (TPSA) is 80.6 Å². The molecular weight excluding hydrogens is 154 g/mol. The molecule has 0 aliphatic carbocycles. The van der Waals surface area contributed by atoms with Gasteiger partial charge < -0.3 is 4.74 Å². The van der Waals surface area contributed by atoms with E-state index in [9.17, 15) is 0 Å². The number of ether oxygens (including phenoxy) is 1. The zero-order chi connectivity index (χ0) is 9.45. The Balaban J connectivity index is 4.33. The fourth-order valence-corrected chi connectivity index (χ4v) is 0.607. The molecule has 0 fully saturated rings. The molecule has 62 valence electrons. The van der Waals surface area contributed by atoms with E-state index in [1.54, 1.807) is 18.2 Å². The second-order valence-corrected chi connectivity index (χ2v) is 2.23. The molecule has 12 heavy (non-hydrogen) atoms. The van der Waals surface area contributed by atoms with E-state index < -0.39 is 5.60 Å². The average molecular weight is 163 g/mol. The molecule has 0 amide bonds. The molecule has 0 radical (unpaired) electrons. The first-order valence-corrected chi connectivity index (χ1v) is 3.58. The maximum Gasteiger partial charge on any atom is 0.254 e. The van der Waals surface area contributed by atoms with Crippen molar-refractivity contribution in [1.29, 1.82) is 15.8 Å². The summed E-state index contributed by atoms with van der Waals surface area (Å²) in [5.74, 6) is 0. The van der Waals surface area contributed by atoms with Gasteiger partial charge in [-0.25, -0.2) is 0 Å². The summed E-state index contributed by atoms with van der Waals surface area (Å²) >= 11 is 0. The normalized spacial score (nSPS) is 9.50. The smallest absolute Gasteiger partial charge is 0.254 e. The van der Waals surface area contributed by atoms with Crippen molar-refractivity contribution < 1.29 is 4.74 Å². The minimum atomic E-state index is -1.56. The van der Waals surface area contributed by atoms with Gasteiger partial charge in [0.2, 0.25) is 0 Å². The van der Waals surface area contributed by atoms with Crippen LogP contribution in [0.4, 0.5) is 0 Å². The Morgan fingerprint density at radius 2 is 1.83 bits per heavy atom. The van der Waals surface area contributed by atoms with Crippen LogP contribution in [0.1, 0.15) is 19.8 Å². The predicted octanol–water partition coefficient (Wildman–Crippen LogP) is 1.11. The largest absolute Gasteiger partial charge is 0.347 e. The van der Waals surface area contributed by atoms with Gasteiger partial charge in [-0.05, 0) is 6.42 Å². The lowest BCUT2D eigenvalue weighted by molar-refractivity contribution is 0.0426. The molecule has 0 atom stereocenters. The third-order valence-corrected chi connectivity index (χ3v) is 1.24. The van der Waals surface area contributed by atoms with Gasteiger partial charge in [-0.3, -0.25) is 0 Å². The third-order valence-electron chi connectivity index (χ3n) is 1.24. The maximum atomic E-state index is 8.59. The van der Waals surface area contributed by atoms with Gasteiger partial charge in [0.15, 0.2) is 0 Å². The Labute approximate surface area is 71.6 Å². The van der Waals surface area contributed by atoms with Crippen molar-refractivity contribution in [1.82, 2.24) is 0 Å². The SMILES string of the molecule is CCCOC(C#N)(C#N)CC#N. The van der Waals surface area contributed by atoms with Gasteiger partial charge in [-0.15, -0.1) is 0 Å². The molecule has 0 aromatic rings. The second kappa shape index (κ2) is 5.13. The van der Waals surface area contributed by atoms with Crippen molar-refractivity contribution in [2.75, 3.05) is 6.61 Å². The van der Waals surface area contributed by atoms with E-state index in [1.165, 1.54) is 0 Å². The van der Waals surface area contributed by atoms with E-state index in [0.717, 1.165) is 6.42 Å². The van der Waals surface area contributed by atoms with Crippen LogP contribution in [0.5, 0.6) is 0 Å². The molecule has 0 spiro atoms. The van der Waals surface area contributed by atoms with Crippen LogP contribution in [-0.2, 0) is 4.74 Å². The fraction of sp³-hybridized carbons (Fsp3) is 0.625. The summed E-state index contributed by atoms with van der Waals surface area (Å²) in [5, 5.41) is 25.5. The van der Waals surface area contributed by atoms with Gasteiger partial charge in [-0.1, -0.05) is 6.92 Å². The van der Waals surface area contributed by atoms with Gasteiger partial charge in [0.1, 0.15) is 12.1 Å². The molecular formula is C8H9N3O. The molecule has 0 unspecified atom stereocenters. The van der Waals surface area contributed by atoms with Crippen molar-refractivity contribution in [3.05, 3.63) is 0 Å². The Morgan fingerprint density at radius 3 is 2.17 bits per heavy atom. The summed E-state index contributed by atoms with van der Waals surface area (Å²) in [7, 11) is 0. The van der Waals surface area contributed by atoms with Crippen LogP contribution in [0.15, 0.2) is 0 Å². The molecule has 4 heteroatoms. The van der Waals surface area contributed by atoms with Gasteiger partial charge in [0, 0.05) is 6.61 Å². The summed E-state index contributed by atoms with van der Waals surface area (Å²) in [5.41, 5.74) is -1.56. The Hall–Kier alpha value is -1.57. The van der Waals surface area contributed by atoms with Crippen molar-refractivity contribution >= 4 is 0 Å². The van der Waals surface area contributed by atoms with Crippen LogP contribution in [0, 0.1) is 34.0 Å². The first-order chi connectivity index (χ1) is 5.74. The quantitative estimate of drug-likeness (QED) is 0.621. The standard InChI is InChI=1S/C8H9N3O/c1-2-5-12-8(6-10,7-11)3-4-9/h2-3,5H2,1H3. The Bertz CT molecular complexity index is 239. The molecule has 0 rings (SSSR count). The molecule has 4 nitrogen and oxygen atoms in total. The van der Waals surface area contributed by atoms with E-state index in [0.29, 0.717) is 6.61 Å². The zero-order valence-corrected chi connectivity index (χ0v) is 6.87. The van der Waals surface area contributed by atoms with Gasteiger partial charge >= 0.3 is 0 Å². The van der Waals surface area contributed by atoms with Crippen molar-refractivity contribution in [2.24, 2.45) is 0 Å². The average Bonchev–Trinajstić information content (AvgIpc) is 2.13. The molecule has 0 aromatic carbocycles. The molecule has 0 aliphatic heterocycles. The van der Waals surface area contributed by atoms with Crippen LogP contribution in [-0.4, -0.2) is 12.2 Å². The molecule has 0 N–H and O–H groups in total. The zero-order valence-electron chi connectivity index (χ0n) is 6.87. The summed E-state index contributed by atoms with van der Waals surface area (Å²) in [6.45, 7) is 2.19. The maximum absolute atomic E-state index is 8.59. The van der Waals surface area contributed by atoms with E-state index >= 15 is 0 Å². The molecule has 0 saturated carbocycles. The lowest BCUT2D eigenvalue weighted by Crippen LogP contribution is -2.28. The van der Waals surface area contributed by atoms with Crippen LogP contribution in [0.2, 0.25) is 0 Å². The third kappa shape index (κ3) is 2.58. The lowest BCUT2D eigenvalue weighted by Gasteiger charge is -2.14.